The van der Waals surface area contributed by atoms with Gasteiger partial charge in [0, 0.05) is 12.8 Å². The second-order valence-corrected chi connectivity index (χ2v) is 6.87. The highest BCUT2D eigenvalue weighted by Crippen LogP contribution is 2.27. The van der Waals surface area contributed by atoms with Crippen molar-refractivity contribution in [2.45, 2.75) is 58.3 Å². The molecule has 6 heteroatoms. The van der Waals surface area contributed by atoms with Crippen molar-refractivity contribution < 1.29 is 29.7 Å². The van der Waals surface area contributed by atoms with E-state index in [1.807, 2.05) is 31.2 Å². The number of carboxylic acids is 3. The molecule has 0 amide bonds. The first kappa shape index (κ1) is 24.6. The number of carboxylic acid groups (broad SMARTS) is 3. The van der Waals surface area contributed by atoms with Crippen LogP contribution in [0.25, 0.3) is 0 Å². The van der Waals surface area contributed by atoms with Crippen LogP contribution < -0.4 is 0 Å². The Labute approximate surface area is 161 Å². The van der Waals surface area contributed by atoms with Crippen molar-refractivity contribution in [2.75, 3.05) is 0 Å². The Morgan fingerprint density at radius 1 is 0.815 bits per heavy atom. The van der Waals surface area contributed by atoms with Gasteiger partial charge < -0.3 is 15.3 Å². The first-order chi connectivity index (χ1) is 12.8. The molecule has 0 aromatic heterocycles. The Hall–Kier alpha value is -2.37. The van der Waals surface area contributed by atoms with Crippen molar-refractivity contribution in [3.63, 3.8) is 0 Å². The highest BCUT2D eigenvalue weighted by molar-refractivity contribution is 5.68. The first-order valence-corrected chi connectivity index (χ1v) is 9.34. The van der Waals surface area contributed by atoms with Gasteiger partial charge in [-0.3, -0.25) is 14.4 Å². The largest absolute Gasteiger partial charge is 0.481 e. The Morgan fingerprint density at radius 2 is 1.33 bits per heavy atom. The fourth-order valence-electron chi connectivity index (χ4n) is 3.06. The van der Waals surface area contributed by atoms with E-state index in [2.05, 4.69) is 6.58 Å². The molecule has 0 spiro atoms. The fourth-order valence-corrected chi connectivity index (χ4v) is 3.06. The minimum atomic E-state index is -0.899. The molecule has 0 aliphatic heterocycles. The maximum absolute atomic E-state index is 11.1. The van der Waals surface area contributed by atoms with Crippen LogP contribution in [0.1, 0.15) is 58.3 Å². The van der Waals surface area contributed by atoms with E-state index in [0.29, 0.717) is 32.1 Å². The van der Waals surface area contributed by atoms with E-state index in [4.69, 9.17) is 15.3 Å². The second kappa shape index (κ2) is 14.8. The van der Waals surface area contributed by atoms with Crippen molar-refractivity contribution in [3.8, 4) is 0 Å². The Morgan fingerprint density at radius 3 is 1.85 bits per heavy atom. The van der Waals surface area contributed by atoms with Crippen LogP contribution in [0.15, 0.2) is 37.0 Å². The monoisotopic (exact) mass is 380 g/mol. The third kappa shape index (κ3) is 14.5. The molecule has 0 saturated heterocycles. The maximum atomic E-state index is 11.1. The lowest BCUT2D eigenvalue weighted by Gasteiger charge is -2.20. The maximum Gasteiger partial charge on any atom is 0.303 e. The van der Waals surface area contributed by atoms with Crippen LogP contribution in [-0.2, 0) is 14.4 Å². The molecule has 152 valence electrons. The van der Waals surface area contributed by atoms with Gasteiger partial charge in [-0.1, -0.05) is 30.4 Å². The minimum absolute atomic E-state index is 0.00510. The van der Waals surface area contributed by atoms with Gasteiger partial charge in [0.2, 0.25) is 0 Å². The summed E-state index contributed by atoms with van der Waals surface area (Å²) in [5.74, 6) is -2.98. The summed E-state index contributed by atoms with van der Waals surface area (Å²) in [4.78, 5) is 33.1. The number of allylic oxidation sites excluding steroid dienone is 5. The molecule has 0 radical (unpaired) electrons. The van der Waals surface area contributed by atoms with Crippen molar-refractivity contribution >= 4 is 17.9 Å². The zero-order chi connectivity index (χ0) is 20.7. The van der Waals surface area contributed by atoms with Gasteiger partial charge in [0.25, 0.3) is 0 Å². The summed E-state index contributed by atoms with van der Waals surface area (Å²) in [7, 11) is 0. The molecular formula is C21H32O6. The van der Waals surface area contributed by atoms with Crippen LogP contribution in [0.3, 0.4) is 0 Å². The fraction of sp³-hybridized carbons (Fsp3) is 0.571. The summed E-state index contributed by atoms with van der Waals surface area (Å²) in [6.45, 7) is 5.55. The number of hydrogen-bond acceptors (Lipinski definition) is 3. The van der Waals surface area contributed by atoms with Crippen molar-refractivity contribution in [2.24, 2.45) is 17.8 Å². The smallest absolute Gasteiger partial charge is 0.303 e. The van der Waals surface area contributed by atoms with E-state index in [0.717, 1.165) is 0 Å². The Kier molecular flexibility index (Phi) is 13.5. The standard InChI is InChI=1S/C21H32O6/c1-3-5-6-7-8-17(14-20(24)25)11-12-18(15-21(26)27)10-9-16(4-2)13-19(22)23/h3-7,16-18H,2,8-15H2,1H3,(H,22,23)(H,24,25)(H,26,27). The average molecular weight is 380 g/mol. The van der Waals surface area contributed by atoms with Crippen molar-refractivity contribution in [1.82, 2.24) is 0 Å². The first-order valence-electron chi connectivity index (χ1n) is 9.34. The molecule has 0 bridgehead atoms. The predicted molar refractivity (Wildman–Crippen MR) is 104 cm³/mol. The van der Waals surface area contributed by atoms with Crippen LogP contribution in [0.2, 0.25) is 0 Å². The second-order valence-electron chi connectivity index (χ2n) is 6.87. The van der Waals surface area contributed by atoms with Crippen LogP contribution in [0.5, 0.6) is 0 Å². The molecule has 0 aliphatic carbocycles. The highest BCUT2D eigenvalue weighted by Gasteiger charge is 2.19. The third-order valence-corrected chi connectivity index (χ3v) is 4.53. The number of hydrogen-bond donors (Lipinski definition) is 3. The topological polar surface area (TPSA) is 112 Å². The van der Waals surface area contributed by atoms with Gasteiger partial charge in [0.1, 0.15) is 0 Å². The van der Waals surface area contributed by atoms with Crippen LogP contribution >= 0.6 is 0 Å². The Balaban J connectivity index is 4.76. The predicted octanol–water partition coefficient (Wildman–Crippen LogP) is 4.53. The molecule has 3 atom stereocenters. The van der Waals surface area contributed by atoms with Gasteiger partial charge in [-0.15, -0.1) is 6.58 Å². The Bertz CT molecular complexity index is 535. The summed E-state index contributed by atoms with van der Waals surface area (Å²) in [6.07, 6.45) is 12.2. The lowest BCUT2D eigenvalue weighted by Crippen LogP contribution is -2.14. The molecule has 0 saturated carbocycles. The number of rotatable bonds is 16. The molecule has 6 nitrogen and oxygen atoms in total. The number of aliphatic carboxylic acids is 3. The lowest BCUT2D eigenvalue weighted by atomic mass is 9.85. The van der Waals surface area contributed by atoms with Crippen LogP contribution in [-0.4, -0.2) is 33.2 Å². The van der Waals surface area contributed by atoms with Crippen molar-refractivity contribution in [1.29, 1.82) is 0 Å². The van der Waals surface area contributed by atoms with Gasteiger partial charge in [0.05, 0.1) is 6.42 Å². The molecule has 0 aromatic carbocycles. The zero-order valence-electron chi connectivity index (χ0n) is 16.0. The van der Waals surface area contributed by atoms with Gasteiger partial charge in [0.15, 0.2) is 0 Å². The van der Waals surface area contributed by atoms with Gasteiger partial charge in [-0.05, 0) is 56.8 Å². The summed E-state index contributed by atoms with van der Waals surface area (Å²) < 4.78 is 0. The van der Waals surface area contributed by atoms with E-state index < -0.39 is 17.9 Å². The molecular weight excluding hydrogens is 348 g/mol. The summed E-state index contributed by atoms with van der Waals surface area (Å²) in [6, 6.07) is 0. The lowest BCUT2D eigenvalue weighted by molar-refractivity contribution is -0.139. The molecule has 0 fully saturated rings. The van der Waals surface area contributed by atoms with Gasteiger partial charge in [-0.2, -0.15) is 0 Å². The van der Waals surface area contributed by atoms with E-state index in [-0.39, 0.29) is 37.0 Å². The molecule has 27 heavy (non-hydrogen) atoms. The number of carbonyl (C=O) groups is 3. The summed E-state index contributed by atoms with van der Waals surface area (Å²) in [5.41, 5.74) is 0. The molecule has 0 rings (SSSR count). The summed E-state index contributed by atoms with van der Waals surface area (Å²) in [5, 5.41) is 27.1. The normalized spacial score (nSPS) is 14.9. The highest BCUT2D eigenvalue weighted by atomic mass is 16.4. The summed E-state index contributed by atoms with van der Waals surface area (Å²) >= 11 is 0. The van der Waals surface area contributed by atoms with E-state index >= 15 is 0 Å². The minimum Gasteiger partial charge on any atom is -0.481 e. The van der Waals surface area contributed by atoms with Crippen LogP contribution in [0.4, 0.5) is 0 Å². The molecule has 3 N–H and O–H groups in total. The molecule has 3 unspecified atom stereocenters. The van der Waals surface area contributed by atoms with Crippen molar-refractivity contribution in [3.05, 3.63) is 37.0 Å². The SMILES string of the molecule is C=CC(CCC(CCC(CC=CC=CC)CC(=O)O)CC(=O)O)CC(=O)O. The molecule has 0 aliphatic rings. The zero-order valence-corrected chi connectivity index (χ0v) is 16.0. The molecule has 0 heterocycles. The van der Waals surface area contributed by atoms with Crippen LogP contribution in [0, 0.1) is 17.8 Å². The van der Waals surface area contributed by atoms with E-state index in [1.54, 1.807) is 6.08 Å². The van der Waals surface area contributed by atoms with E-state index in [1.165, 1.54) is 0 Å². The van der Waals surface area contributed by atoms with Gasteiger partial charge in [-0.25, -0.2) is 0 Å². The van der Waals surface area contributed by atoms with Gasteiger partial charge >= 0.3 is 17.9 Å². The quantitative estimate of drug-likeness (QED) is 0.268. The van der Waals surface area contributed by atoms with E-state index in [9.17, 15) is 14.4 Å². The third-order valence-electron chi connectivity index (χ3n) is 4.53. The average Bonchev–Trinajstić information content (AvgIpc) is 2.58. The molecule has 0 aromatic rings.